The normalized spacial score (nSPS) is 12.9. The van der Waals surface area contributed by atoms with E-state index in [1.165, 1.54) is 18.2 Å². The van der Waals surface area contributed by atoms with Crippen molar-refractivity contribution in [2.45, 2.75) is 25.0 Å². The van der Waals surface area contributed by atoms with Gasteiger partial charge in [-0.05, 0) is 53.4 Å². The summed E-state index contributed by atoms with van der Waals surface area (Å²) in [5.41, 5.74) is 6.76. The Morgan fingerprint density at radius 3 is 2.27 bits per heavy atom. The van der Waals surface area contributed by atoms with Crippen LogP contribution in [0, 0.1) is 0 Å². The highest BCUT2D eigenvalue weighted by molar-refractivity contribution is 5.98. The van der Waals surface area contributed by atoms with Gasteiger partial charge in [-0.1, -0.05) is 36.4 Å². The molecule has 1 heterocycles. The third-order valence-electron chi connectivity index (χ3n) is 5.76. The van der Waals surface area contributed by atoms with Crippen molar-refractivity contribution in [3.05, 3.63) is 89.6 Å². The average Bonchev–Trinajstić information content (AvgIpc) is 3.25. The molecule has 0 spiro atoms. The number of para-hydroxylation sites is 1. The van der Waals surface area contributed by atoms with E-state index in [0.29, 0.717) is 6.42 Å². The Kier molecular flexibility index (Phi) is 7.17. The highest BCUT2D eigenvalue weighted by atomic mass is 19.4. The number of H-pyrrole nitrogens is 1. The van der Waals surface area contributed by atoms with Crippen molar-refractivity contribution in [3.63, 3.8) is 0 Å². The third-order valence-corrected chi connectivity index (χ3v) is 5.76. The molecule has 0 saturated carbocycles. The minimum absolute atomic E-state index is 0.000691. The molecule has 0 aliphatic carbocycles. The third kappa shape index (κ3) is 6.23. The number of fused-ring (bicyclic) bond motifs is 1. The minimum Gasteiger partial charge on any atom is -0.405 e. The number of ether oxygens (including phenoxy) is 1. The number of aromatic amines is 1. The highest BCUT2D eigenvalue weighted by Crippen LogP contribution is 2.34. The summed E-state index contributed by atoms with van der Waals surface area (Å²) >= 11 is 0. The summed E-state index contributed by atoms with van der Waals surface area (Å²) in [5.74, 6) is -1.62. The Bertz CT molecular complexity index is 1390. The largest absolute Gasteiger partial charge is 0.573 e. The number of carbonyl (C=O) groups is 1. The standard InChI is InChI=1S/C26H21F6N3O2/c27-25(28,29)18-8-5-15(6-9-18)16-7-10-23(37-26(30,31)32)21(12-16)24(36)35-19(13-33)11-17-14-34-22-4-2-1-3-20(17)22/h1-10,12,14,19,34H,11,13,33H2,(H,35,36). The molecular formula is C26H21F6N3O2. The Morgan fingerprint density at radius 2 is 1.62 bits per heavy atom. The number of carbonyl (C=O) groups excluding carboxylic acids is 1. The fraction of sp³-hybridized carbons (Fsp3) is 0.192. The molecular weight excluding hydrogens is 500 g/mol. The van der Waals surface area contributed by atoms with Crippen LogP contribution in [0.4, 0.5) is 26.3 Å². The van der Waals surface area contributed by atoms with Crippen molar-refractivity contribution in [2.75, 3.05) is 6.54 Å². The van der Waals surface area contributed by atoms with E-state index in [1.54, 1.807) is 6.20 Å². The van der Waals surface area contributed by atoms with Gasteiger partial charge in [-0.3, -0.25) is 4.79 Å². The molecule has 1 aromatic heterocycles. The van der Waals surface area contributed by atoms with E-state index in [1.807, 2.05) is 24.3 Å². The van der Waals surface area contributed by atoms with E-state index in [9.17, 15) is 31.1 Å². The van der Waals surface area contributed by atoms with Crippen molar-refractivity contribution >= 4 is 16.8 Å². The number of hydrogen-bond donors (Lipinski definition) is 3. The Hall–Kier alpha value is -3.99. The molecule has 4 aromatic rings. The number of nitrogens with one attached hydrogen (secondary N) is 2. The zero-order valence-electron chi connectivity index (χ0n) is 19.1. The Morgan fingerprint density at radius 1 is 0.946 bits per heavy atom. The number of amides is 1. The summed E-state index contributed by atoms with van der Waals surface area (Å²) in [4.78, 5) is 16.2. The molecule has 4 N–H and O–H groups in total. The minimum atomic E-state index is -5.07. The van der Waals surface area contributed by atoms with Crippen LogP contribution in [-0.4, -0.2) is 29.8 Å². The molecule has 1 amide bonds. The Labute approximate surface area is 207 Å². The number of nitrogens with two attached hydrogens (primary N) is 1. The Balaban J connectivity index is 1.62. The number of alkyl halides is 6. The van der Waals surface area contributed by atoms with Crippen molar-refractivity contribution < 1.29 is 35.9 Å². The number of benzene rings is 3. The highest BCUT2D eigenvalue weighted by Gasteiger charge is 2.34. The molecule has 0 fully saturated rings. The number of halogens is 6. The summed E-state index contributed by atoms with van der Waals surface area (Å²) in [5, 5.41) is 3.56. The zero-order valence-corrected chi connectivity index (χ0v) is 19.1. The fourth-order valence-electron chi connectivity index (χ4n) is 3.97. The predicted molar refractivity (Wildman–Crippen MR) is 126 cm³/mol. The second-order valence-corrected chi connectivity index (χ2v) is 8.30. The lowest BCUT2D eigenvalue weighted by Crippen LogP contribution is -2.42. The van der Waals surface area contributed by atoms with E-state index < -0.39 is 41.4 Å². The molecule has 0 aliphatic rings. The average molecular weight is 521 g/mol. The van der Waals surface area contributed by atoms with Gasteiger partial charge in [-0.15, -0.1) is 13.2 Å². The van der Waals surface area contributed by atoms with Crippen LogP contribution in [0.5, 0.6) is 5.75 Å². The second kappa shape index (κ2) is 10.2. The predicted octanol–water partition coefficient (Wildman–Crippen LogP) is 6.05. The molecule has 5 nitrogen and oxygen atoms in total. The van der Waals surface area contributed by atoms with Crippen LogP contribution >= 0.6 is 0 Å². The summed E-state index contributed by atoms with van der Waals surface area (Å²) in [7, 11) is 0. The van der Waals surface area contributed by atoms with Gasteiger partial charge in [0.15, 0.2) is 0 Å². The molecule has 1 atom stereocenters. The maximum atomic E-state index is 13.1. The number of rotatable bonds is 7. The molecule has 194 valence electrons. The molecule has 0 bridgehead atoms. The molecule has 11 heteroatoms. The van der Waals surface area contributed by atoms with E-state index in [4.69, 9.17) is 5.73 Å². The topological polar surface area (TPSA) is 80.1 Å². The molecule has 4 rings (SSSR count). The van der Waals surface area contributed by atoms with Gasteiger partial charge < -0.3 is 20.8 Å². The van der Waals surface area contributed by atoms with Crippen LogP contribution in [0.2, 0.25) is 0 Å². The van der Waals surface area contributed by atoms with Gasteiger partial charge in [-0.25, -0.2) is 0 Å². The van der Waals surface area contributed by atoms with E-state index in [0.717, 1.165) is 40.7 Å². The van der Waals surface area contributed by atoms with Gasteiger partial charge in [0.2, 0.25) is 0 Å². The zero-order chi connectivity index (χ0) is 26.8. The molecule has 37 heavy (non-hydrogen) atoms. The van der Waals surface area contributed by atoms with Crippen molar-refractivity contribution in [1.29, 1.82) is 0 Å². The first-order chi connectivity index (χ1) is 17.4. The second-order valence-electron chi connectivity index (χ2n) is 8.30. The maximum Gasteiger partial charge on any atom is 0.573 e. The fourth-order valence-corrected chi connectivity index (χ4v) is 3.97. The lowest BCUT2D eigenvalue weighted by atomic mass is 10.00. The van der Waals surface area contributed by atoms with Gasteiger partial charge in [0.05, 0.1) is 11.1 Å². The van der Waals surface area contributed by atoms with E-state index in [2.05, 4.69) is 15.0 Å². The van der Waals surface area contributed by atoms with E-state index >= 15 is 0 Å². The maximum absolute atomic E-state index is 13.1. The summed E-state index contributed by atoms with van der Waals surface area (Å²) in [6.07, 6.45) is -7.54. The lowest BCUT2D eigenvalue weighted by molar-refractivity contribution is -0.274. The molecule has 0 aliphatic heterocycles. The van der Waals surface area contributed by atoms with Gasteiger partial charge >= 0.3 is 12.5 Å². The SMILES string of the molecule is NCC(Cc1c[nH]c2ccccc12)NC(=O)c1cc(-c2ccc(C(F)(F)F)cc2)ccc1OC(F)(F)F. The van der Waals surface area contributed by atoms with Gasteiger partial charge in [0, 0.05) is 29.7 Å². The molecule has 3 aromatic carbocycles. The first kappa shape index (κ1) is 26.1. The van der Waals surface area contributed by atoms with Crippen LogP contribution in [-0.2, 0) is 12.6 Å². The monoisotopic (exact) mass is 521 g/mol. The van der Waals surface area contributed by atoms with Crippen LogP contribution in [0.25, 0.3) is 22.0 Å². The van der Waals surface area contributed by atoms with Crippen LogP contribution in [0.1, 0.15) is 21.5 Å². The van der Waals surface area contributed by atoms with Crippen molar-refractivity contribution in [1.82, 2.24) is 10.3 Å². The molecule has 0 saturated heterocycles. The van der Waals surface area contributed by atoms with Gasteiger partial charge in [0.1, 0.15) is 5.75 Å². The summed E-state index contributed by atoms with van der Waals surface area (Å²) < 4.78 is 81.7. The van der Waals surface area contributed by atoms with E-state index in [-0.39, 0.29) is 17.7 Å². The number of hydrogen-bond acceptors (Lipinski definition) is 3. The summed E-state index contributed by atoms with van der Waals surface area (Å²) in [6.45, 7) is -0.000691. The van der Waals surface area contributed by atoms with Crippen molar-refractivity contribution in [2.24, 2.45) is 5.73 Å². The number of aromatic nitrogens is 1. The molecule has 0 radical (unpaired) electrons. The first-order valence-electron chi connectivity index (χ1n) is 11.1. The van der Waals surface area contributed by atoms with Crippen LogP contribution in [0.15, 0.2) is 72.9 Å². The van der Waals surface area contributed by atoms with Gasteiger partial charge in [-0.2, -0.15) is 13.2 Å². The van der Waals surface area contributed by atoms with Crippen LogP contribution in [0.3, 0.4) is 0 Å². The quantitative estimate of drug-likeness (QED) is 0.259. The molecule has 1 unspecified atom stereocenters. The summed E-state index contributed by atoms with van der Waals surface area (Å²) in [6, 6.07) is 14.2. The lowest BCUT2D eigenvalue weighted by Gasteiger charge is -2.19. The van der Waals surface area contributed by atoms with Crippen molar-refractivity contribution in [3.8, 4) is 16.9 Å². The smallest absolute Gasteiger partial charge is 0.405 e. The first-order valence-corrected chi connectivity index (χ1v) is 11.1. The van der Waals surface area contributed by atoms with Gasteiger partial charge in [0.25, 0.3) is 5.91 Å². The van der Waals surface area contributed by atoms with Crippen LogP contribution < -0.4 is 15.8 Å².